The number of ether oxygens (including phenoxy) is 2. The molecule has 2 rings (SSSR count). The van der Waals surface area contributed by atoms with Crippen molar-refractivity contribution < 1.29 is 24.2 Å². The SMILES string of the molecule is CCC(C)=O.CCOC(C)Oc1ccc(C(C)(CCC(C)=O)c2ccc(O)cc2)cc1. The predicted octanol–water partition coefficient (Wildman–Crippen LogP) is 5.81. The highest BCUT2D eigenvalue weighted by Crippen LogP contribution is 2.38. The first-order chi connectivity index (χ1) is 14.6. The Hall–Kier alpha value is -2.66. The second-order valence-corrected chi connectivity index (χ2v) is 7.80. The van der Waals surface area contributed by atoms with Gasteiger partial charge in [-0.25, -0.2) is 0 Å². The molecule has 0 aromatic heterocycles. The van der Waals surface area contributed by atoms with E-state index in [4.69, 9.17) is 9.47 Å². The summed E-state index contributed by atoms with van der Waals surface area (Å²) in [5, 5.41) is 9.59. The lowest BCUT2D eigenvalue weighted by Gasteiger charge is -2.31. The molecule has 2 aromatic carbocycles. The first-order valence-corrected chi connectivity index (χ1v) is 10.8. The van der Waals surface area contributed by atoms with Crippen LogP contribution in [0.4, 0.5) is 0 Å². The molecule has 0 aliphatic carbocycles. The van der Waals surface area contributed by atoms with Crippen LogP contribution in [0.15, 0.2) is 48.5 Å². The van der Waals surface area contributed by atoms with Gasteiger partial charge in [-0.05, 0) is 69.5 Å². The third-order valence-electron chi connectivity index (χ3n) is 5.17. The standard InChI is InChI=1S/C22H28O4.C4H8O/c1-5-25-17(3)26-21-12-8-19(9-13-21)22(4,15-14-16(2)23)18-6-10-20(24)11-7-18;1-3-4(2)5/h6-13,17,24H,5,14-15H2,1-4H3;3H2,1-2H3. The lowest BCUT2D eigenvalue weighted by atomic mass is 9.72. The monoisotopic (exact) mass is 428 g/mol. The summed E-state index contributed by atoms with van der Waals surface area (Å²) in [5.41, 5.74) is 1.83. The number of phenols is 1. The van der Waals surface area contributed by atoms with Crippen molar-refractivity contribution in [3.8, 4) is 11.5 Å². The Kier molecular flexibility index (Phi) is 11.0. The van der Waals surface area contributed by atoms with Crippen LogP contribution in [0, 0.1) is 0 Å². The van der Waals surface area contributed by atoms with Crippen molar-refractivity contribution in [1.82, 2.24) is 0 Å². The Bertz CT molecular complexity index is 811. The number of Topliss-reactive ketones (excluding diaryl/α,β-unsaturated/α-hetero) is 2. The molecule has 0 aliphatic rings. The maximum atomic E-state index is 11.6. The van der Waals surface area contributed by atoms with E-state index >= 15 is 0 Å². The molecule has 0 bridgehead atoms. The first-order valence-electron chi connectivity index (χ1n) is 10.8. The number of ketones is 2. The minimum absolute atomic E-state index is 0.167. The van der Waals surface area contributed by atoms with Crippen molar-refractivity contribution in [2.24, 2.45) is 0 Å². The molecule has 5 heteroatoms. The molecule has 0 amide bonds. The molecule has 0 spiro atoms. The smallest absolute Gasteiger partial charge is 0.196 e. The number of hydrogen-bond acceptors (Lipinski definition) is 5. The van der Waals surface area contributed by atoms with Gasteiger partial charge < -0.3 is 24.2 Å². The Balaban J connectivity index is 0.000000861. The summed E-state index contributed by atoms with van der Waals surface area (Å²) in [6.07, 6.45) is 1.56. The van der Waals surface area contributed by atoms with Gasteiger partial charge in [-0.15, -0.1) is 0 Å². The molecule has 0 saturated carbocycles. The number of hydrogen-bond donors (Lipinski definition) is 1. The van der Waals surface area contributed by atoms with Crippen molar-refractivity contribution in [2.45, 2.75) is 72.5 Å². The Morgan fingerprint density at radius 2 is 1.42 bits per heavy atom. The molecular formula is C26H36O5. The molecule has 5 nitrogen and oxygen atoms in total. The molecule has 31 heavy (non-hydrogen) atoms. The maximum Gasteiger partial charge on any atom is 0.196 e. The van der Waals surface area contributed by atoms with Crippen LogP contribution in [-0.4, -0.2) is 29.6 Å². The van der Waals surface area contributed by atoms with Gasteiger partial charge in [0.1, 0.15) is 23.1 Å². The number of aromatic hydroxyl groups is 1. The third kappa shape index (κ3) is 8.93. The van der Waals surface area contributed by atoms with E-state index < -0.39 is 0 Å². The highest BCUT2D eigenvalue weighted by Gasteiger charge is 2.29. The third-order valence-corrected chi connectivity index (χ3v) is 5.17. The van der Waals surface area contributed by atoms with Crippen LogP contribution in [0.5, 0.6) is 11.5 Å². The zero-order valence-electron chi connectivity index (χ0n) is 19.6. The fourth-order valence-corrected chi connectivity index (χ4v) is 3.07. The van der Waals surface area contributed by atoms with Crippen LogP contribution in [0.25, 0.3) is 0 Å². The summed E-state index contributed by atoms with van der Waals surface area (Å²) in [6, 6.07) is 15.1. The Labute approximate surface area is 186 Å². The molecule has 2 unspecified atom stereocenters. The van der Waals surface area contributed by atoms with E-state index in [0.29, 0.717) is 25.9 Å². The van der Waals surface area contributed by atoms with Crippen molar-refractivity contribution in [3.63, 3.8) is 0 Å². The molecule has 1 N–H and O–H groups in total. The van der Waals surface area contributed by atoms with Gasteiger partial charge in [-0.1, -0.05) is 38.1 Å². The Morgan fingerprint density at radius 3 is 1.84 bits per heavy atom. The maximum absolute atomic E-state index is 11.6. The van der Waals surface area contributed by atoms with Crippen LogP contribution >= 0.6 is 0 Å². The van der Waals surface area contributed by atoms with Crippen molar-refractivity contribution in [2.75, 3.05) is 6.61 Å². The molecule has 0 radical (unpaired) electrons. The fourth-order valence-electron chi connectivity index (χ4n) is 3.07. The van der Waals surface area contributed by atoms with Crippen LogP contribution in [0.2, 0.25) is 0 Å². The fraction of sp³-hybridized carbons (Fsp3) is 0.462. The second kappa shape index (κ2) is 12.9. The largest absolute Gasteiger partial charge is 0.508 e. The van der Waals surface area contributed by atoms with Crippen LogP contribution < -0.4 is 4.74 Å². The van der Waals surface area contributed by atoms with Gasteiger partial charge in [-0.2, -0.15) is 0 Å². The summed E-state index contributed by atoms with van der Waals surface area (Å²) in [4.78, 5) is 21.4. The molecular weight excluding hydrogens is 392 g/mol. The molecule has 0 fully saturated rings. The van der Waals surface area contributed by atoms with Gasteiger partial charge in [0.15, 0.2) is 6.29 Å². The Morgan fingerprint density at radius 1 is 0.935 bits per heavy atom. The second-order valence-electron chi connectivity index (χ2n) is 7.80. The van der Waals surface area contributed by atoms with E-state index in [9.17, 15) is 14.7 Å². The van der Waals surface area contributed by atoms with E-state index in [1.807, 2.05) is 57.2 Å². The number of carbonyl (C=O) groups is 2. The van der Waals surface area contributed by atoms with Crippen LogP contribution in [0.1, 0.15) is 71.9 Å². The summed E-state index contributed by atoms with van der Waals surface area (Å²) in [5.74, 6) is 1.40. The molecule has 0 heterocycles. The van der Waals surface area contributed by atoms with Gasteiger partial charge in [-0.3, -0.25) is 0 Å². The highest BCUT2D eigenvalue weighted by molar-refractivity contribution is 5.75. The van der Waals surface area contributed by atoms with Gasteiger partial charge >= 0.3 is 0 Å². The van der Waals surface area contributed by atoms with E-state index in [0.717, 1.165) is 16.9 Å². The minimum Gasteiger partial charge on any atom is -0.508 e. The van der Waals surface area contributed by atoms with Crippen molar-refractivity contribution in [3.05, 3.63) is 59.7 Å². The highest BCUT2D eigenvalue weighted by atomic mass is 16.7. The van der Waals surface area contributed by atoms with E-state index in [-0.39, 0.29) is 29.0 Å². The van der Waals surface area contributed by atoms with E-state index in [2.05, 4.69) is 6.92 Å². The average molecular weight is 429 g/mol. The lowest BCUT2D eigenvalue weighted by molar-refractivity contribution is -0.117. The zero-order valence-corrected chi connectivity index (χ0v) is 19.6. The topological polar surface area (TPSA) is 72.8 Å². The summed E-state index contributed by atoms with van der Waals surface area (Å²) in [6.45, 7) is 11.6. The molecule has 2 atom stereocenters. The number of rotatable bonds is 10. The first kappa shape index (κ1) is 26.4. The van der Waals surface area contributed by atoms with Gasteiger partial charge in [0.2, 0.25) is 0 Å². The summed E-state index contributed by atoms with van der Waals surface area (Å²) < 4.78 is 11.1. The molecule has 0 aliphatic heterocycles. The quantitative estimate of drug-likeness (QED) is 0.483. The van der Waals surface area contributed by atoms with Crippen LogP contribution in [0.3, 0.4) is 0 Å². The average Bonchev–Trinajstić information content (AvgIpc) is 2.73. The number of benzene rings is 2. The van der Waals surface area contributed by atoms with Crippen molar-refractivity contribution in [1.29, 1.82) is 0 Å². The molecule has 0 saturated heterocycles. The predicted molar refractivity (Wildman–Crippen MR) is 124 cm³/mol. The number of phenolic OH excluding ortho intramolecular Hbond substituents is 1. The van der Waals surface area contributed by atoms with Gasteiger partial charge in [0.05, 0.1) is 0 Å². The minimum atomic E-state index is -0.330. The summed E-state index contributed by atoms with van der Waals surface area (Å²) in [7, 11) is 0. The molecule has 2 aromatic rings. The van der Waals surface area contributed by atoms with Gasteiger partial charge in [0.25, 0.3) is 0 Å². The summed E-state index contributed by atoms with van der Waals surface area (Å²) >= 11 is 0. The van der Waals surface area contributed by atoms with Crippen LogP contribution in [-0.2, 0) is 19.7 Å². The lowest BCUT2D eigenvalue weighted by Crippen LogP contribution is -2.24. The van der Waals surface area contributed by atoms with E-state index in [1.165, 1.54) is 0 Å². The van der Waals surface area contributed by atoms with E-state index in [1.54, 1.807) is 26.0 Å². The van der Waals surface area contributed by atoms with Gasteiger partial charge in [0, 0.05) is 24.9 Å². The molecule has 170 valence electrons. The zero-order chi connectivity index (χ0) is 23.4. The normalized spacial score (nSPS) is 13.4. The van der Waals surface area contributed by atoms with Crippen molar-refractivity contribution >= 4 is 11.6 Å². The number of carbonyl (C=O) groups excluding carboxylic acids is 2.